The maximum atomic E-state index is 12.9. The molecule has 7 nitrogen and oxygen atoms in total. The Bertz CT molecular complexity index is 822. The summed E-state index contributed by atoms with van der Waals surface area (Å²) >= 11 is 6.17. The van der Waals surface area contributed by atoms with Crippen molar-refractivity contribution in [2.75, 3.05) is 31.5 Å². The van der Waals surface area contributed by atoms with Crippen LogP contribution >= 0.6 is 11.6 Å². The van der Waals surface area contributed by atoms with Crippen molar-refractivity contribution in [3.63, 3.8) is 0 Å². The molecular weight excluding hydrogens is 356 g/mol. The van der Waals surface area contributed by atoms with Crippen LogP contribution in [0.1, 0.15) is 15.9 Å². The lowest BCUT2D eigenvalue weighted by Gasteiger charge is -2.28. The Morgan fingerprint density at radius 3 is 2.65 bits per heavy atom. The number of hydrogen-bond donors (Lipinski definition) is 2. The molecule has 8 heteroatoms. The van der Waals surface area contributed by atoms with E-state index in [2.05, 4.69) is 10.6 Å². The predicted molar refractivity (Wildman–Crippen MR) is 101 cm³/mol. The topological polar surface area (TPSA) is 87.5 Å². The van der Waals surface area contributed by atoms with Crippen molar-refractivity contribution in [1.29, 1.82) is 0 Å². The zero-order valence-corrected chi connectivity index (χ0v) is 14.8. The highest BCUT2D eigenvalue weighted by Gasteiger charge is 2.23. The largest absolute Gasteiger partial charge is 0.380 e. The van der Waals surface area contributed by atoms with E-state index in [9.17, 15) is 14.9 Å². The number of amides is 1. The molecule has 0 aromatic heterocycles. The number of carbonyl (C=O) groups excluding carboxylic acids is 1. The third kappa shape index (κ3) is 4.12. The monoisotopic (exact) mass is 374 g/mol. The SMILES string of the molecule is O=C(c1cc([N+](=O)[O-])ccc1NCc1ccccc1Cl)N1CCNCC1. The average molecular weight is 375 g/mol. The molecule has 2 aromatic carbocycles. The fourth-order valence-corrected chi connectivity index (χ4v) is 3.05. The molecule has 1 heterocycles. The van der Waals surface area contributed by atoms with Crippen molar-refractivity contribution in [2.45, 2.75) is 6.54 Å². The molecule has 26 heavy (non-hydrogen) atoms. The molecule has 3 rings (SSSR count). The van der Waals surface area contributed by atoms with E-state index in [0.717, 1.165) is 5.56 Å². The number of nitrogens with zero attached hydrogens (tertiary/aromatic N) is 2. The lowest BCUT2D eigenvalue weighted by atomic mass is 10.1. The Kier molecular flexibility index (Phi) is 5.70. The molecule has 0 bridgehead atoms. The smallest absolute Gasteiger partial charge is 0.270 e. The standard InChI is InChI=1S/C18H19ClN4O3/c19-16-4-2-1-3-13(16)12-21-17-6-5-14(23(25)26)11-15(17)18(24)22-9-7-20-8-10-22/h1-6,11,20-21H,7-10,12H2. The van der Waals surface area contributed by atoms with Gasteiger partial charge in [0, 0.05) is 55.6 Å². The van der Waals surface area contributed by atoms with Gasteiger partial charge in [-0.1, -0.05) is 29.8 Å². The molecule has 0 unspecified atom stereocenters. The molecule has 0 atom stereocenters. The second kappa shape index (κ2) is 8.16. The second-order valence-corrected chi connectivity index (χ2v) is 6.38. The van der Waals surface area contributed by atoms with E-state index in [1.165, 1.54) is 12.1 Å². The van der Waals surface area contributed by atoms with Crippen LogP contribution in [-0.2, 0) is 6.54 Å². The minimum absolute atomic E-state index is 0.105. The Morgan fingerprint density at radius 2 is 1.96 bits per heavy atom. The summed E-state index contributed by atoms with van der Waals surface area (Å²) in [6.45, 7) is 2.99. The molecule has 0 spiro atoms. The highest BCUT2D eigenvalue weighted by Crippen LogP contribution is 2.25. The summed E-state index contributed by atoms with van der Waals surface area (Å²) in [6.07, 6.45) is 0. The Hall–Kier alpha value is -2.64. The quantitative estimate of drug-likeness (QED) is 0.620. The number of halogens is 1. The highest BCUT2D eigenvalue weighted by molar-refractivity contribution is 6.31. The summed E-state index contributed by atoms with van der Waals surface area (Å²) in [4.78, 5) is 25.2. The summed E-state index contributed by atoms with van der Waals surface area (Å²) in [5.41, 5.74) is 1.63. The maximum Gasteiger partial charge on any atom is 0.270 e. The Morgan fingerprint density at radius 1 is 1.23 bits per heavy atom. The van der Waals surface area contributed by atoms with Crippen molar-refractivity contribution >= 4 is 28.9 Å². The highest BCUT2D eigenvalue weighted by atomic mass is 35.5. The molecule has 2 N–H and O–H groups in total. The van der Waals surface area contributed by atoms with Gasteiger partial charge in [0.15, 0.2) is 0 Å². The minimum Gasteiger partial charge on any atom is -0.380 e. The number of non-ortho nitro benzene ring substituents is 1. The van der Waals surface area contributed by atoms with Gasteiger partial charge in [-0.25, -0.2) is 0 Å². The number of nitrogens with one attached hydrogen (secondary N) is 2. The Balaban J connectivity index is 1.87. The molecule has 0 saturated carbocycles. The molecule has 1 fully saturated rings. The van der Waals surface area contributed by atoms with Crippen LogP contribution in [0.5, 0.6) is 0 Å². The number of hydrogen-bond acceptors (Lipinski definition) is 5. The second-order valence-electron chi connectivity index (χ2n) is 5.97. The van der Waals surface area contributed by atoms with Crippen LogP contribution in [0.25, 0.3) is 0 Å². The van der Waals surface area contributed by atoms with Crippen LogP contribution < -0.4 is 10.6 Å². The third-order valence-electron chi connectivity index (χ3n) is 4.28. The first-order valence-electron chi connectivity index (χ1n) is 8.32. The molecule has 136 valence electrons. The summed E-state index contributed by atoms with van der Waals surface area (Å²) in [5.74, 6) is -0.211. The van der Waals surface area contributed by atoms with Crippen LogP contribution in [-0.4, -0.2) is 41.9 Å². The summed E-state index contributed by atoms with van der Waals surface area (Å²) < 4.78 is 0. The number of nitro groups is 1. The third-order valence-corrected chi connectivity index (χ3v) is 4.64. The van der Waals surface area contributed by atoms with Crippen molar-refractivity contribution in [1.82, 2.24) is 10.2 Å². The minimum atomic E-state index is -0.494. The lowest BCUT2D eigenvalue weighted by Crippen LogP contribution is -2.46. The number of piperazine rings is 1. The summed E-state index contributed by atoms with van der Waals surface area (Å²) in [5, 5.41) is 18.1. The molecule has 1 saturated heterocycles. The van der Waals surface area contributed by atoms with Gasteiger partial charge >= 0.3 is 0 Å². The molecule has 0 radical (unpaired) electrons. The van der Waals surface area contributed by atoms with Gasteiger partial charge in [-0.15, -0.1) is 0 Å². The normalized spacial score (nSPS) is 14.1. The van der Waals surface area contributed by atoms with E-state index in [-0.39, 0.29) is 11.6 Å². The van der Waals surface area contributed by atoms with E-state index in [1.807, 2.05) is 18.2 Å². The predicted octanol–water partition coefficient (Wildman–Crippen LogP) is 2.91. The van der Waals surface area contributed by atoms with E-state index in [0.29, 0.717) is 49.0 Å². The molecule has 1 aliphatic heterocycles. The number of anilines is 1. The zero-order valence-electron chi connectivity index (χ0n) is 14.1. The fraction of sp³-hybridized carbons (Fsp3) is 0.278. The molecular formula is C18H19ClN4O3. The van der Waals surface area contributed by atoms with Gasteiger partial charge in [0.05, 0.1) is 10.5 Å². The van der Waals surface area contributed by atoms with E-state index in [1.54, 1.807) is 17.0 Å². The first kappa shape index (κ1) is 18.2. The van der Waals surface area contributed by atoms with E-state index in [4.69, 9.17) is 11.6 Å². The van der Waals surface area contributed by atoms with E-state index < -0.39 is 4.92 Å². The Labute approximate surface area is 156 Å². The van der Waals surface area contributed by atoms with Crippen molar-refractivity contribution in [3.05, 3.63) is 68.7 Å². The zero-order chi connectivity index (χ0) is 18.5. The maximum absolute atomic E-state index is 12.9. The van der Waals surface area contributed by atoms with Gasteiger partial charge in [-0.3, -0.25) is 14.9 Å². The summed E-state index contributed by atoms with van der Waals surface area (Å²) in [7, 11) is 0. The van der Waals surface area contributed by atoms with Crippen LogP contribution in [0, 0.1) is 10.1 Å². The van der Waals surface area contributed by atoms with Crippen LogP contribution in [0.15, 0.2) is 42.5 Å². The fourth-order valence-electron chi connectivity index (χ4n) is 2.85. The van der Waals surface area contributed by atoms with Crippen LogP contribution in [0.3, 0.4) is 0 Å². The number of nitro benzene ring substituents is 1. The number of carbonyl (C=O) groups is 1. The van der Waals surface area contributed by atoms with Crippen LogP contribution in [0.4, 0.5) is 11.4 Å². The molecule has 1 aliphatic rings. The van der Waals surface area contributed by atoms with E-state index >= 15 is 0 Å². The van der Waals surface area contributed by atoms with Gasteiger partial charge in [0.2, 0.25) is 0 Å². The molecule has 0 aliphatic carbocycles. The first-order chi connectivity index (χ1) is 12.6. The van der Waals surface area contributed by atoms with Crippen molar-refractivity contribution in [3.8, 4) is 0 Å². The number of rotatable bonds is 5. The molecule has 1 amide bonds. The van der Waals surface area contributed by atoms with Crippen molar-refractivity contribution < 1.29 is 9.72 Å². The van der Waals surface area contributed by atoms with Gasteiger partial charge in [-0.05, 0) is 17.7 Å². The van der Waals surface area contributed by atoms with Crippen molar-refractivity contribution in [2.24, 2.45) is 0 Å². The first-order valence-corrected chi connectivity index (χ1v) is 8.70. The molecule has 2 aromatic rings. The van der Waals surface area contributed by atoms with Gasteiger partial charge < -0.3 is 15.5 Å². The van der Waals surface area contributed by atoms with Gasteiger partial charge in [0.25, 0.3) is 11.6 Å². The average Bonchev–Trinajstić information content (AvgIpc) is 2.67. The van der Waals surface area contributed by atoms with Gasteiger partial charge in [-0.2, -0.15) is 0 Å². The number of benzene rings is 2. The lowest BCUT2D eigenvalue weighted by molar-refractivity contribution is -0.384. The van der Waals surface area contributed by atoms with Gasteiger partial charge in [0.1, 0.15) is 0 Å². The van der Waals surface area contributed by atoms with Crippen LogP contribution in [0.2, 0.25) is 5.02 Å². The summed E-state index contributed by atoms with van der Waals surface area (Å²) in [6, 6.07) is 11.7.